The topological polar surface area (TPSA) is 97.1 Å². The Bertz CT molecular complexity index is 1330. The summed E-state index contributed by atoms with van der Waals surface area (Å²) >= 11 is 0. The molecule has 8 heteroatoms. The number of anilines is 2. The van der Waals surface area contributed by atoms with Crippen LogP contribution in [0.25, 0.3) is 11.7 Å². The van der Waals surface area contributed by atoms with Crippen molar-refractivity contribution >= 4 is 29.1 Å². The number of pyridine rings is 1. The molecule has 4 aromatic rings. The van der Waals surface area contributed by atoms with Crippen molar-refractivity contribution in [1.82, 2.24) is 14.9 Å². The lowest BCUT2D eigenvalue weighted by Gasteiger charge is -2.11. The molecule has 0 saturated heterocycles. The third kappa shape index (κ3) is 4.37. The van der Waals surface area contributed by atoms with E-state index in [2.05, 4.69) is 17.4 Å². The fourth-order valence-electron chi connectivity index (χ4n) is 3.81. The van der Waals surface area contributed by atoms with E-state index < -0.39 is 5.91 Å². The molecule has 3 N–H and O–H groups in total. The number of nitrogens with one attached hydrogen (secondary N) is 2. The van der Waals surface area contributed by atoms with Crippen molar-refractivity contribution < 1.29 is 19.5 Å². The number of aromatic nitrogens is 2. The highest BCUT2D eigenvalue weighted by molar-refractivity contribution is 5.90. The van der Waals surface area contributed by atoms with Gasteiger partial charge in [-0.15, -0.1) is 0 Å². The van der Waals surface area contributed by atoms with E-state index in [9.17, 15) is 4.79 Å². The Morgan fingerprint density at radius 2 is 1.88 bits per heavy atom. The van der Waals surface area contributed by atoms with E-state index in [-0.39, 0.29) is 6.79 Å². The summed E-state index contributed by atoms with van der Waals surface area (Å²) < 4.78 is 12.9. The number of amides is 1. The number of benzene rings is 2. The fourth-order valence-corrected chi connectivity index (χ4v) is 3.81. The van der Waals surface area contributed by atoms with E-state index in [0.29, 0.717) is 11.5 Å². The molecule has 0 saturated carbocycles. The largest absolute Gasteiger partial charge is 0.454 e. The molecule has 3 heterocycles. The number of aryl methyl sites for hydroxylation is 2. The Morgan fingerprint density at radius 3 is 2.73 bits per heavy atom. The SMILES string of the molecule is O=C(/C=C/c1cccc2nc(CCc3ccccc3)c(Nc3ccc4c(c3)OCO4)n12)NO. The van der Waals surface area contributed by atoms with Gasteiger partial charge < -0.3 is 14.8 Å². The van der Waals surface area contributed by atoms with Gasteiger partial charge in [-0.05, 0) is 48.7 Å². The van der Waals surface area contributed by atoms with Gasteiger partial charge in [0.1, 0.15) is 11.5 Å². The van der Waals surface area contributed by atoms with E-state index in [1.807, 2.05) is 59.0 Å². The van der Waals surface area contributed by atoms with E-state index >= 15 is 0 Å². The maximum absolute atomic E-state index is 11.6. The summed E-state index contributed by atoms with van der Waals surface area (Å²) in [4.78, 5) is 16.4. The van der Waals surface area contributed by atoms with Gasteiger partial charge in [0.25, 0.3) is 5.91 Å². The molecular weight excluding hydrogens is 420 g/mol. The Balaban J connectivity index is 1.56. The first-order valence-electron chi connectivity index (χ1n) is 10.5. The number of carbonyl (C=O) groups is 1. The molecule has 166 valence electrons. The third-order valence-corrected chi connectivity index (χ3v) is 5.39. The summed E-state index contributed by atoms with van der Waals surface area (Å²) in [5, 5.41) is 12.3. The van der Waals surface area contributed by atoms with Gasteiger partial charge in [0.05, 0.1) is 5.69 Å². The highest BCUT2D eigenvalue weighted by Gasteiger charge is 2.17. The van der Waals surface area contributed by atoms with Crippen molar-refractivity contribution in [2.45, 2.75) is 12.8 Å². The van der Waals surface area contributed by atoms with Gasteiger partial charge in [0, 0.05) is 23.5 Å². The lowest BCUT2D eigenvalue weighted by Crippen LogP contribution is -2.15. The molecular formula is C25H22N4O4. The minimum Gasteiger partial charge on any atom is -0.454 e. The summed E-state index contributed by atoms with van der Waals surface area (Å²) in [5.41, 5.74) is 6.04. The summed E-state index contributed by atoms with van der Waals surface area (Å²) in [6, 6.07) is 21.6. The zero-order chi connectivity index (χ0) is 22.6. The molecule has 1 amide bonds. The maximum Gasteiger partial charge on any atom is 0.267 e. The molecule has 0 aliphatic carbocycles. The first-order valence-corrected chi connectivity index (χ1v) is 10.5. The van der Waals surface area contributed by atoms with Crippen LogP contribution in [0, 0.1) is 0 Å². The van der Waals surface area contributed by atoms with Crippen LogP contribution < -0.4 is 20.3 Å². The number of fused-ring (bicyclic) bond motifs is 2. The molecule has 1 aliphatic rings. The average molecular weight is 442 g/mol. The minimum atomic E-state index is -0.610. The van der Waals surface area contributed by atoms with E-state index in [1.165, 1.54) is 11.6 Å². The summed E-state index contributed by atoms with van der Waals surface area (Å²) in [6.45, 7) is 0.207. The minimum absolute atomic E-state index is 0.207. The van der Waals surface area contributed by atoms with Crippen LogP contribution in [0.3, 0.4) is 0 Å². The predicted octanol–water partition coefficient (Wildman–Crippen LogP) is 4.11. The number of imidazole rings is 1. The van der Waals surface area contributed by atoms with Gasteiger partial charge in [-0.25, -0.2) is 10.5 Å². The van der Waals surface area contributed by atoms with Gasteiger partial charge >= 0.3 is 0 Å². The third-order valence-electron chi connectivity index (χ3n) is 5.39. The predicted molar refractivity (Wildman–Crippen MR) is 124 cm³/mol. The van der Waals surface area contributed by atoms with Gasteiger partial charge in [-0.1, -0.05) is 36.4 Å². The molecule has 0 radical (unpaired) electrons. The number of hydrogen-bond donors (Lipinski definition) is 3. The smallest absolute Gasteiger partial charge is 0.267 e. The van der Waals surface area contributed by atoms with Crippen molar-refractivity contribution in [2.75, 3.05) is 12.1 Å². The second-order valence-electron chi connectivity index (χ2n) is 7.54. The van der Waals surface area contributed by atoms with E-state index in [4.69, 9.17) is 19.7 Å². The molecule has 0 spiro atoms. The van der Waals surface area contributed by atoms with Gasteiger partial charge in [-0.2, -0.15) is 0 Å². The van der Waals surface area contributed by atoms with Gasteiger partial charge in [-0.3, -0.25) is 14.4 Å². The van der Waals surface area contributed by atoms with Crippen LogP contribution in [0.1, 0.15) is 17.0 Å². The maximum atomic E-state index is 11.6. The van der Waals surface area contributed by atoms with Gasteiger partial charge in [0.15, 0.2) is 11.5 Å². The van der Waals surface area contributed by atoms with Crippen molar-refractivity contribution in [3.8, 4) is 11.5 Å². The van der Waals surface area contributed by atoms with Crippen LogP contribution in [0.4, 0.5) is 11.5 Å². The van der Waals surface area contributed by atoms with E-state index in [1.54, 1.807) is 11.6 Å². The molecule has 0 fully saturated rings. The number of hydrogen-bond acceptors (Lipinski definition) is 6. The number of ether oxygens (including phenoxy) is 2. The molecule has 2 aromatic heterocycles. The summed E-state index contributed by atoms with van der Waals surface area (Å²) in [7, 11) is 0. The van der Waals surface area contributed by atoms with E-state index in [0.717, 1.165) is 41.4 Å². The zero-order valence-electron chi connectivity index (χ0n) is 17.7. The highest BCUT2D eigenvalue weighted by Crippen LogP contribution is 2.36. The normalized spacial score (nSPS) is 12.4. The summed E-state index contributed by atoms with van der Waals surface area (Å²) in [5.74, 6) is 1.58. The first-order chi connectivity index (χ1) is 16.2. The monoisotopic (exact) mass is 442 g/mol. The highest BCUT2D eigenvalue weighted by atomic mass is 16.7. The van der Waals surface area contributed by atoms with Gasteiger partial charge in [0.2, 0.25) is 6.79 Å². The Labute approximate surface area is 190 Å². The number of nitrogens with zero attached hydrogens (tertiary/aromatic N) is 2. The number of rotatable bonds is 7. The fraction of sp³-hybridized carbons (Fsp3) is 0.120. The van der Waals surface area contributed by atoms with Crippen molar-refractivity contribution in [2.24, 2.45) is 0 Å². The molecule has 0 bridgehead atoms. The first kappa shape index (κ1) is 20.6. The van der Waals surface area contributed by atoms with Crippen LogP contribution in [0.15, 0.2) is 72.8 Å². The van der Waals surface area contributed by atoms with Crippen molar-refractivity contribution in [1.29, 1.82) is 0 Å². The average Bonchev–Trinajstić information content (AvgIpc) is 3.46. The second-order valence-corrected chi connectivity index (χ2v) is 7.54. The zero-order valence-corrected chi connectivity index (χ0v) is 17.7. The lowest BCUT2D eigenvalue weighted by molar-refractivity contribution is -0.124. The van der Waals surface area contributed by atoms with Crippen LogP contribution in [-0.4, -0.2) is 27.3 Å². The second kappa shape index (κ2) is 9.05. The number of carbonyl (C=O) groups excluding carboxylic acids is 1. The molecule has 0 unspecified atom stereocenters. The Kier molecular flexibility index (Phi) is 5.65. The van der Waals surface area contributed by atoms with Crippen LogP contribution >= 0.6 is 0 Å². The van der Waals surface area contributed by atoms with Crippen LogP contribution in [-0.2, 0) is 17.6 Å². The molecule has 5 rings (SSSR count). The summed E-state index contributed by atoms with van der Waals surface area (Å²) in [6.07, 6.45) is 4.45. The quantitative estimate of drug-likeness (QED) is 0.226. The Hall–Kier alpha value is -4.30. The van der Waals surface area contributed by atoms with Crippen molar-refractivity contribution in [3.63, 3.8) is 0 Å². The molecule has 0 atom stereocenters. The van der Waals surface area contributed by atoms with Crippen LogP contribution in [0.2, 0.25) is 0 Å². The number of hydroxylamine groups is 1. The standard InChI is InChI=1S/C25H22N4O4/c30-24(28-31)14-11-19-7-4-8-23-27-20(12-9-17-5-2-1-3-6-17)25(29(19)23)26-18-10-13-21-22(15-18)33-16-32-21/h1-8,10-11,13-15,26,31H,9,12,16H2,(H,28,30)/b14-11+. The lowest BCUT2D eigenvalue weighted by atomic mass is 10.1. The molecule has 8 nitrogen and oxygen atoms in total. The van der Waals surface area contributed by atoms with Crippen LogP contribution in [0.5, 0.6) is 11.5 Å². The Morgan fingerprint density at radius 1 is 1.03 bits per heavy atom. The molecule has 2 aromatic carbocycles. The molecule has 33 heavy (non-hydrogen) atoms. The molecule has 1 aliphatic heterocycles. The van der Waals surface area contributed by atoms with Crippen molar-refractivity contribution in [3.05, 3.63) is 89.8 Å².